The van der Waals surface area contributed by atoms with Gasteiger partial charge in [-0.15, -0.1) is 0 Å². The molecule has 1 nitrogen and oxygen atoms in total. The van der Waals surface area contributed by atoms with E-state index in [0.717, 1.165) is 6.42 Å². The van der Waals surface area contributed by atoms with Crippen LogP contribution in [0.4, 0.5) is 0 Å². The molecule has 0 aliphatic heterocycles. The molecule has 0 rings (SSSR count). The third kappa shape index (κ3) is 7.35. The summed E-state index contributed by atoms with van der Waals surface area (Å²) in [6, 6.07) is 0. The summed E-state index contributed by atoms with van der Waals surface area (Å²) >= 11 is 0. The first kappa shape index (κ1) is 14.4. The zero-order valence-electron chi connectivity index (χ0n) is 10.8. The van der Waals surface area contributed by atoms with Gasteiger partial charge in [0.15, 0.2) is 0 Å². The highest BCUT2D eigenvalue weighted by Gasteiger charge is 2.00. The minimum Gasteiger partial charge on any atom is -0.269 e. The second-order valence-corrected chi connectivity index (χ2v) is 4.30. The topological polar surface area (TPSA) is 12.4 Å². The summed E-state index contributed by atoms with van der Waals surface area (Å²) in [4.78, 5) is 4.17. The largest absolute Gasteiger partial charge is 0.269 e. The van der Waals surface area contributed by atoms with Crippen molar-refractivity contribution in [1.29, 1.82) is 0 Å². The molecule has 0 unspecified atom stereocenters. The highest BCUT2D eigenvalue weighted by Crippen LogP contribution is 2.19. The van der Waals surface area contributed by atoms with Crippen LogP contribution >= 0.6 is 0 Å². The van der Waals surface area contributed by atoms with E-state index in [9.17, 15) is 0 Å². The van der Waals surface area contributed by atoms with E-state index in [1.807, 2.05) is 0 Å². The zero-order valence-corrected chi connectivity index (χ0v) is 10.8. The summed E-state index contributed by atoms with van der Waals surface area (Å²) in [5.74, 6) is 0. The fourth-order valence-corrected chi connectivity index (χ4v) is 1.75. The van der Waals surface area contributed by atoms with Gasteiger partial charge in [0.2, 0.25) is 0 Å². The van der Waals surface area contributed by atoms with Gasteiger partial charge >= 0.3 is 0 Å². The van der Waals surface area contributed by atoms with Crippen LogP contribution in [0.2, 0.25) is 0 Å². The highest BCUT2D eigenvalue weighted by atomic mass is 14.7. The minimum atomic E-state index is 1.12. The Hall–Kier alpha value is -0.590. The van der Waals surface area contributed by atoms with Crippen LogP contribution in [0.5, 0.6) is 0 Å². The maximum atomic E-state index is 4.17. The van der Waals surface area contributed by atoms with Gasteiger partial charge in [-0.05, 0) is 39.3 Å². The van der Waals surface area contributed by atoms with Gasteiger partial charge in [0.1, 0.15) is 0 Å². The molecule has 88 valence electrons. The number of unbranched alkanes of at least 4 members (excludes halogenated alkanes) is 4. The molecule has 0 bridgehead atoms. The first-order valence-electron chi connectivity index (χ1n) is 6.41. The number of hydrogen-bond acceptors (Lipinski definition) is 1. The Kier molecular flexibility index (Phi) is 9.55. The van der Waals surface area contributed by atoms with Gasteiger partial charge in [-0.3, -0.25) is 4.99 Å². The third-order valence-corrected chi connectivity index (χ3v) is 2.86. The number of hydrogen-bond donors (Lipinski definition) is 0. The molecule has 0 aromatic rings. The molecule has 0 aliphatic rings. The van der Waals surface area contributed by atoms with Crippen LogP contribution in [-0.4, -0.2) is 6.72 Å². The molecule has 1 heteroatoms. The Morgan fingerprint density at radius 2 is 1.47 bits per heavy atom. The normalized spacial score (nSPS) is 12.5. The monoisotopic (exact) mass is 209 g/mol. The van der Waals surface area contributed by atoms with E-state index < -0.39 is 0 Å². The van der Waals surface area contributed by atoms with Gasteiger partial charge in [0.25, 0.3) is 0 Å². The number of aliphatic imine (C=N–C) groups is 1. The van der Waals surface area contributed by atoms with Crippen molar-refractivity contribution in [1.82, 2.24) is 0 Å². The number of rotatable bonds is 9. The fraction of sp³-hybridized carbons (Fsp3) is 0.786. The summed E-state index contributed by atoms with van der Waals surface area (Å²) in [6.45, 7) is 10.4. The Bertz CT molecular complexity index is 192. The predicted octanol–water partition coefficient (Wildman–Crippen LogP) is 5.12. The van der Waals surface area contributed by atoms with Crippen molar-refractivity contribution in [2.45, 2.75) is 72.1 Å². The van der Waals surface area contributed by atoms with E-state index in [4.69, 9.17) is 0 Å². The zero-order chi connectivity index (χ0) is 11.5. The van der Waals surface area contributed by atoms with Crippen LogP contribution in [0.15, 0.2) is 16.3 Å². The molecule has 0 aromatic carbocycles. The molecule has 0 fully saturated rings. The number of nitrogens with zero attached hydrogens (tertiary/aromatic N) is 1. The Balaban J connectivity index is 3.96. The molecule has 15 heavy (non-hydrogen) atoms. The fourth-order valence-electron chi connectivity index (χ4n) is 1.75. The lowest BCUT2D eigenvalue weighted by Gasteiger charge is -2.07. The standard InChI is InChI=1S/C14H27N/c1-5-7-9-11-13(3)14(15-4)12-10-8-6-2/h4-12H2,1-3H3/b14-13-. The first-order valence-corrected chi connectivity index (χ1v) is 6.41. The van der Waals surface area contributed by atoms with Crippen LogP contribution in [0.1, 0.15) is 72.1 Å². The quantitative estimate of drug-likeness (QED) is 0.369. The summed E-state index contributed by atoms with van der Waals surface area (Å²) in [5, 5.41) is 0. The summed E-state index contributed by atoms with van der Waals surface area (Å²) in [5.41, 5.74) is 2.70. The molecule has 0 heterocycles. The lowest BCUT2D eigenvalue weighted by molar-refractivity contribution is 0.683. The van der Waals surface area contributed by atoms with E-state index in [1.54, 1.807) is 0 Å². The van der Waals surface area contributed by atoms with Crippen molar-refractivity contribution < 1.29 is 0 Å². The average molecular weight is 209 g/mol. The molecule has 0 aromatic heterocycles. The lowest BCUT2D eigenvalue weighted by Crippen LogP contribution is -1.88. The van der Waals surface area contributed by atoms with Crippen LogP contribution in [0.3, 0.4) is 0 Å². The SMILES string of the molecule is C=N/C(CCCCC)=C(/C)CCCCC. The van der Waals surface area contributed by atoms with Crippen molar-refractivity contribution in [3.8, 4) is 0 Å². The molecule has 0 atom stereocenters. The maximum Gasteiger partial charge on any atom is 0.0385 e. The number of allylic oxidation sites excluding steroid dienone is 2. The average Bonchev–Trinajstić information content (AvgIpc) is 2.24. The lowest BCUT2D eigenvalue weighted by atomic mass is 10.0. The smallest absolute Gasteiger partial charge is 0.0385 e. The van der Waals surface area contributed by atoms with Crippen LogP contribution < -0.4 is 0 Å². The van der Waals surface area contributed by atoms with Crippen molar-refractivity contribution in [3.63, 3.8) is 0 Å². The highest BCUT2D eigenvalue weighted by molar-refractivity contribution is 5.30. The van der Waals surface area contributed by atoms with E-state index in [1.165, 1.54) is 56.2 Å². The summed E-state index contributed by atoms with van der Waals surface area (Å²) < 4.78 is 0. The molecule has 0 saturated carbocycles. The van der Waals surface area contributed by atoms with Gasteiger partial charge < -0.3 is 0 Å². The van der Waals surface area contributed by atoms with Gasteiger partial charge in [0, 0.05) is 5.70 Å². The van der Waals surface area contributed by atoms with Gasteiger partial charge in [-0.1, -0.05) is 45.1 Å². The van der Waals surface area contributed by atoms with Crippen LogP contribution in [0.25, 0.3) is 0 Å². The van der Waals surface area contributed by atoms with Crippen LogP contribution in [-0.2, 0) is 0 Å². The maximum absolute atomic E-state index is 4.17. The van der Waals surface area contributed by atoms with Gasteiger partial charge in [0.05, 0.1) is 0 Å². The molecular weight excluding hydrogens is 182 g/mol. The van der Waals surface area contributed by atoms with E-state index in [2.05, 4.69) is 32.5 Å². The van der Waals surface area contributed by atoms with Crippen molar-refractivity contribution in [2.75, 3.05) is 0 Å². The Morgan fingerprint density at radius 3 is 1.93 bits per heavy atom. The minimum absolute atomic E-state index is 1.12. The first-order chi connectivity index (χ1) is 7.26. The van der Waals surface area contributed by atoms with E-state index in [0.29, 0.717) is 0 Å². The summed E-state index contributed by atoms with van der Waals surface area (Å²) in [7, 11) is 0. The van der Waals surface area contributed by atoms with E-state index >= 15 is 0 Å². The summed E-state index contributed by atoms with van der Waals surface area (Å²) in [6.07, 6.45) is 10.1. The second-order valence-electron chi connectivity index (χ2n) is 4.30. The molecule has 0 radical (unpaired) electrons. The van der Waals surface area contributed by atoms with Crippen molar-refractivity contribution in [2.24, 2.45) is 4.99 Å². The third-order valence-electron chi connectivity index (χ3n) is 2.86. The Labute approximate surface area is 95.7 Å². The molecular formula is C14H27N. The molecule has 0 N–H and O–H groups in total. The van der Waals surface area contributed by atoms with Gasteiger partial charge in [-0.2, -0.15) is 0 Å². The van der Waals surface area contributed by atoms with Crippen molar-refractivity contribution >= 4 is 6.72 Å². The predicted molar refractivity (Wildman–Crippen MR) is 70.5 cm³/mol. The molecule has 0 amide bonds. The Morgan fingerprint density at radius 1 is 0.933 bits per heavy atom. The molecule has 0 aliphatic carbocycles. The van der Waals surface area contributed by atoms with Gasteiger partial charge in [-0.25, -0.2) is 0 Å². The van der Waals surface area contributed by atoms with Crippen LogP contribution in [0, 0.1) is 0 Å². The molecule has 0 spiro atoms. The van der Waals surface area contributed by atoms with E-state index in [-0.39, 0.29) is 0 Å². The van der Waals surface area contributed by atoms with Crippen molar-refractivity contribution in [3.05, 3.63) is 11.3 Å². The second kappa shape index (κ2) is 9.95. The molecule has 0 saturated heterocycles.